The van der Waals surface area contributed by atoms with Gasteiger partial charge in [-0.15, -0.1) is 0 Å². The van der Waals surface area contributed by atoms with Crippen LogP contribution in [0.4, 0.5) is 0 Å². The van der Waals surface area contributed by atoms with Gasteiger partial charge in [0.15, 0.2) is 0 Å². The van der Waals surface area contributed by atoms with Crippen molar-refractivity contribution in [3.8, 4) is 0 Å². The van der Waals surface area contributed by atoms with Gasteiger partial charge in [-0.2, -0.15) is 0 Å². The predicted molar refractivity (Wildman–Crippen MR) is 57.9 cm³/mol. The molecule has 3 nitrogen and oxygen atoms in total. The summed E-state index contributed by atoms with van der Waals surface area (Å²) in [5.74, 6) is 0. The summed E-state index contributed by atoms with van der Waals surface area (Å²) in [5, 5.41) is 9.95. The fraction of sp³-hybridized carbons (Fsp3) is 0.250. The van der Waals surface area contributed by atoms with E-state index in [1.165, 1.54) is 6.07 Å². The Hall–Kier alpha value is -1.61. The van der Waals surface area contributed by atoms with Gasteiger partial charge in [0.2, 0.25) is 0 Å². The molecule has 78 valence electrons. The van der Waals surface area contributed by atoms with Crippen molar-refractivity contribution in [1.82, 2.24) is 0 Å². The van der Waals surface area contributed by atoms with Gasteiger partial charge in [0.05, 0.1) is 6.61 Å². The molecule has 0 amide bonds. The van der Waals surface area contributed by atoms with E-state index in [2.05, 4.69) is 0 Å². The Balaban J connectivity index is 2.90. The summed E-state index contributed by atoms with van der Waals surface area (Å²) in [6.07, 6.45) is 0. The average molecular weight is 204 g/mol. The van der Waals surface area contributed by atoms with Crippen LogP contribution in [0.3, 0.4) is 0 Å². The van der Waals surface area contributed by atoms with E-state index in [9.17, 15) is 4.79 Å². The molecule has 2 rings (SSSR count). The van der Waals surface area contributed by atoms with Crippen molar-refractivity contribution >= 4 is 11.0 Å². The van der Waals surface area contributed by atoms with Gasteiger partial charge in [-0.05, 0) is 42.7 Å². The molecule has 1 heterocycles. The second-order valence-corrected chi connectivity index (χ2v) is 3.68. The summed E-state index contributed by atoms with van der Waals surface area (Å²) >= 11 is 0. The molecule has 0 spiro atoms. The standard InChI is InChI=1S/C12H12O3/c1-7-3-10-9(6-13)5-12(14)15-11(10)4-8(7)2/h3-5,13H,6H2,1-2H3. The average Bonchev–Trinajstić information content (AvgIpc) is 2.19. The Labute approximate surface area is 87.0 Å². The lowest BCUT2D eigenvalue weighted by atomic mass is 10.0. The van der Waals surface area contributed by atoms with Gasteiger partial charge in [-0.25, -0.2) is 4.79 Å². The van der Waals surface area contributed by atoms with Gasteiger partial charge in [0, 0.05) is 11.5 Å². The Morgan fingerprint density at radius 3 is 2.53 bits per heavy atom. The number of benzene rings is 1. The zero-order valence-corrected chi connectivity index (χ0v) is 8.70. The molecule has 0 atom stereocenters. The lowest BCUT2D eigenvalue weighted by Crippen LogP contribution is -2.01. The van der Waals surface area contributed by atoms with Crippen LogP contribution in [0.25, 0.3) is 11.0 Å². The number of fused-ring (bicyclic) bond motifs is 1. The smallest absolute Gasteiger partial charge is 0.336 e. The molecule has 0 saturated heterocycles. The molecule has 1 aromatic heterocycles. The maximum absolute atomic E-state index is 11.2. The number of rotatable bonds is 1. The van der Waals surface area contributed by atoms with E-state index in [0.29, 0.717) is 11.1 Å². The molecule has 15 heavy (non-hydrogen) atoms. The molecular weight excluding hydrogens is 192 g/mol. The van der Waals surface area contributed by atoms with Crippen molar-refractivity contribution in [1.29, 1.82) is 0 Å². The van der Waals surface area contributed by atoms with Crippen LogP contribution in [0.1, 0.15) is 16.7 Å². The fourth-order valence-corrected chi connectivity index (χ4v) is 1.61. The fourth-order valence-electron chi connectivity index (χ4n) is 1.61. The number of hydrogen-bond acceptors (Lipinski definition) is 3. The van der Waals surface area contributed by atoms with Gasteiger partial charge in [-0.1, -0.05) is 0 Å². The van der Waals surface area contributed by atoms with Gasteiger partial charge in [0.25, 0.3) is 0 Å². The van der Waals surface area contributed by atoms with Crippen molar-refractivity contribution in [3.63, 3.8) is 0 Å². The summed E-state index contributed by atoms with van der Waals surface area (Å²) in [5.41, 5.74) is 2.92. The van der Waals surface area contributed by atoms with E-state index in [1.807, 2.05) is 26.0 Å². The third-order valence-corrected chi connectivity index (χ3v) is 2.61. The summed E-state index contributed by atoms with van der Waals surface area (Å²) in [7, 11) is 0. The van der Waals surface area contributed by atoms with Gasteiger partial charge >= 0.3 is 5.63 Å². The highest BCUT2D eigenvalue weighted by atomic mass is 16.4. The van der Waals surface area contributed by atoms with Crippen molar-refractivity contribution in [3.05, 3.63) is 45.3 Å². The summed E-state index contributed by atoms with van der Waals surface area (Å²) in [6.45, 7) is 3.80. The molecule has 0 aliphatic rings. The summed E-state index contributed by atoms with van der Waals surface area (Å²) in [4.78, 5) is 11.2. The molecule has 3 heteroatoms. The molecule has 2 aromatic rings. The van der Waals surface area contributed by atoms with E-state index in [1.54, 1.807) is 0 Å². The topological polar surface area (TPSA) is 50.4 Å². The van der Waals surface area contributed by atoms with E-state index in [-0.39, 0.29) is 6.61 Å². The van der Waals surface area contributed by atoms with E-state index in [0.717, 1.165) is 16.5 Å². The highest BCUT2D eigenvalue weighted by Gasteiger charge is 2.06. The van der Waals surface area contributed by atoms with Gasteiger partial charge in [0.1, 0.15) is 5.58 Å². The van der Waals surface area contributed by atoms with Crippen LogP contribution in [0, 0.1) is 13.8 Å². The molecule has 1 aromatic carbocycles. The molecule has 1 N–H and O–H groups in total. The van der Waals surface area contributed by atoms with E-state index >= 15 is 0 Å². The molecule has 0 bridgehead atoms. The van der Waals surface area contributed by atoms with E-state index in [4.69, 9.17) is 9.52 Å². The minimum atomic E-state index is -0.421. The van der Waals surface area contributed by atoms with Crippen molar-refractivity contribution < 1.29 is 9.52 Å². The van der Waals surface area contributed by atoms with Crippen LogP contribution >= 0.6 is 0 Å². The molecule has 0 radical (unpaired) electrons. The third-order valence-electron chi connectivity index (χ3n) is 2.61. The monoisotopic (exact) mass is 204 g/mol. The number of aliphatic hydroxyl groups is 1. The zero-order valence-electron chi connectivity index (χ0n) is 8.70. The largest absolute Gasteiger partial charge is 0.423 e. The van der Waals surface area contributed by atoms with Gasteiger partial charge in [-0.3, -0.25) is 0 Å². The highest BCUT2D eigenvalue weighted by Crippen LogP contribution is 2.21. The van der Waals surface area contributed by atoms with Gasteiger partial charge < -0.3 is 9.52 Å². The molecule has 0 aliphatic heterocycles. The molecule has 0 fully saturated rings. The summed E-state index contributed by atoms with van der Waals surface area (Å²) in [6, 6.07) is 5.08. The SMILES string of the molecule is Cc1cc2oc(=O)cc(CO)c2cc1C. The Morgan fingerprint density at radius 1 is 1.20 bits per heavy atom. The van der Waals surface area contributed by atoms with Crippen LogP contribution in [0.15, 0.2) is 27.4 Å². The number of aliphatic hydroxyl groups excluding tert-OH is 1. The first-order valence-corrected chi connectivity index (χ1v) is 4.76. The molecular formula is C12H12O3. The lowest BCUT2D eigenvalue weighted by Gasteiger charge is -2.05. The van der Waals surface area contributed by atoms with E-state index < -0.39 is 5.63 Å². The van der Waals surface area contributed by atoms with Crippen molar-refractivity contribution in [2.75, 3.05) is 0 Å². The minimum absolute atomic E-state index is 0.148. The van der Waals surface area contributed by atoms with Crippen LogP contribution in [-0.4, -0.2) is 5.11 Å². The van der Waals surface area contributed by atoms with Crippen molar-refractivity contribution in [2.24, 2.45) is 0 Å². The first-order valence-electron chi connectivity index (χ1n) is 4.76. The van der Waals surface area contributed by atoms with Crippen LogP contribution in [0.2, 0.25) is 0 Å². The first-order chi connectivity index (χ1) is 7.11. The second-order valence-electron chi connectivity index (χ2n) is 3.68. The Kier molecular flexibility index (Phi) is 2.32. The second kappa shape index (κ2) is 3.51. The Bertz CT molecular complexity index is 567. The quantitative estimate of drug-likeness (QED) is 0.722. The first kappa shape index (κ1) is 9.93. The van der Waals surface area contributed by atoms with Crippen LogP contribution < -0.4 is 5.63 Å². The lowest BCUT2D eigenvalue weighted by molar-refractivity contribution is 0.282. The normalized spacial score (nSPS) is 10.9. The maximum atomic E-state index is 11.2. The maximum Gasteiger partial charge on any atom is 0.336 e. The van der Waals surface area contributed by atoms with Crippen LogP contribution in [-0.2, 0) is 6.61 Å². The molecule has 0 aliphatic carbocycles. The molecule has 0 unspecified atom stereocenters. The Morgan fingerprint density at radius 2 is 1.87 bits per heavy atom. The summed E-state index contributed by atoms with van der Waals surface area (Å²) < 4.78 is 5.07. The minimum Gasteiger partial charge on any atom is -0.423 e. The number of aryl methyl sites for hydroxylation is 2. The molecule has 0 saturated carbocycles. The van der Waals surface area contributed by atoms with Crippen molar-refractivity contribution in [2.45, 2.75) is 20.5 Å². The zero-order chi connectivity index (χ0) is 11.0. The third kappa shape index (κ3) is 1.66. The number of hydrogen-bond donors (Lipinski definition) is 1. The highest BCUT2D eigenvalue weighted by molar-refractivity contribution is 5.81. The predicted octanol–water partition coefficient (Wildman–Crippen LogP) is 1.90. The van der Waals surface area contributed by atoms with Crippen LogP contribution in [0.5, 0.6) is 0 Å².